The second-order valence-electron chi connectivity index (χ2n) is 9.21. The van der Waals surface area contributed by atoms with Crippen molar-refractivity contribution in [3.63, 3.8) is 0 Å². The number of carbonyl (C=O) groups excluding carboxylic acids is 2. The molecule has 4 fully saturated rings. The summed E-state index contributed by atoms with van der Waals surface area (Å²) in [5, 5.41) is 0. The molecule has 0 bridgehead atoms. The van der Waals surface area contributed by atoms with Crippen molar-refractivity contribution in [2.45, 2.75) is 52.1 Å². The third-order valence-electron chi connectivity index (χ3n) is 7.59. The van der Waals surface area contributed by atoms with Gasteiger partial charge in [-0.2, -0.15) is 0 Å². The van der Waals surface area contributed by atoms with Crippen LogP contribution in [0, 0.1) is 23.2 Å². The Morgan fingerprint density at radius 2 is 2.04 bits per heavy atom. The predicted molar refractivity (Wildman–Crippen MR) is 99.4 cm³/mol. The molecule has 144 valence electrons. The van der Waals surface area contributed by atoms with Gasteiger partial charge in [-0.3, -0.25) is 14.5 Å². The maximum Gasteiger partial charge on any atom is 0.310 e. The van der Waals surface area contributed by atoms with Crippen LogP contribution in [-0.2, 0) is 14.3 Å². The predicted octanol–water partition coefficient (Wildman–Crippen LogP) is 2.46. The number of ether oxygens (including phenoxy) is 1. The average Bonchev–Trinajstić information content (AvgIpc) is 2.88. The first-order valence-corrected chi connectivity index (χ1v) is 10.2. The van der Waals surface area contributed by atoms with Gasteiger partial charge in [0, 0.05) is 45.6 Å². The fraction of sp³-hybridized carbons (Fsp3) is 0.810. The van der Waals surface area contributed by atoms with E-state index in [9.17, 15) is 9.59 Å². The number of nitrogens with zero attached hydrogens (tertiary/aromatic N) is 2. The number of piperazine rings is 1. The fourth-order valence-corrected chi connectivity index (χ4v) is 5.99. The molecule has 0 aromatic carbocycles. The molecule has 5 heteroatoms. The van der Waals surface area contributed by atoms with Crippen LogP contribution in [0.15, 0.2) is 12.2 Å². The summed E-state index contributed by atoms with van der Waals surface area (Å²) in [4.78, 5) is 28.4. The molecule has 0 radical (unpaired) electrons. The Bertz CT molecular complexity index is 610. The van der Waals surface area contributed by atoms with Gasteiger partial charge in [-0.25, -0.2) is 0 Å². The molecule has 0 aromatic heterocycles. The second kappa shape index (κ2) is 6.66. The molecule has 5 unspecified atom stereocenters. The summed E-state index contributed by atoms with van der Waals surface area (Å²) in [6.45, 7) is 12.4. The maximum absolute atomic E-state index is 12.6. The number of allylic oxidation sites excluding steroid dienone is 1. The van der Waals surface area contributed by atoms with Crippen molar-refractivity contribution in [3.05, 3.63) is 12.2 Å². The van der Waals surface area contributed by atoms with Crippen molar-refractivity contribution in [1.82, 2.24) is 9.80 Å². The van der Waals surface area contributed by atoms with Crippen LogP contribution in [0.2, 0.25) is 0 Å². The van der Waals surface area contributed by atoms with Crippen LogP contribution in [0.5, 0.6) is 0 Å². The topological polar surface area (TPSA) is 49.9 Å². The fourth-order valence-electron chi connectivity index (χ4n) is 5.99. The number of esters is 1. The van der Waals surface area contributed by atoms with E-state index in [0.717, 1.165) is 52.0 Å². The molecule has 2 heterocycles. The molecule has 2 aliphatic heterocycles. The molecule has 2 aliphatic carbocycles. The number of amides is 1. The van der Waals surface area contributed by atoms with Crippen LogP contribution in [0.3, 0.4) is 0 Å². The normalized spacial score (nSPS) is 40.8. The minimum atomic E-state index is -0.0110. The smallest absolute Gasteiger partial charge is 0.310 e. The zero-order valence-electron chi connectivity index (χ0n) is 16.2. The lowest BCUT2D eigenvalue weighted by Crippen LogP contribution is -2.51. The maximum atomic E-state index is 12.6. The zero-order chi connectivity index (χ0) is 18.5. The molecule has 0 N–H and O–H groups in total. The highest BCUT2D eigenvalue weighted by atomic mass is 16.6. The summed E-state index contributed by atoms with van der Waals surface area (Å²) in [5.41, 5.74) is 1.66. The van der Waals surface area contributed by atoms with Crippen LogP contribution in [0.25, 0.3) is 0 Å². The van der Waals surface area contributed by atoms with Crippen LogP contribution >= 0.6 is 0 Å². The van der Waals surface area contributed by atoms with E-state index in [1.165, 1.54) is 18.4 Å². The average molecular weight is 360 g/mol. The lowest BCUT2D eigenvalue weighted by atomic mass is 9.55. The van der Waals surface area contributed by atoms with Crippen molar-refractivity contribution in [2.24, 2.45) is 23.2 Å². The van der Waals surface area contributed by atoms with E-state index in [0.29, 0.717) is 11.8 Å². The Hall–Kier alpha value is -1.36. The quantitative estimate of drug-likeness (QED) is 0.561. The molecule has 26 heavy (non-hydrogen) atoms. The zero-order valence-corrected chi connectivity index (χ0v) is 16.2. The molecular weight excluding hydrogens is 328 g/mol. The van der Waals surface area contributed by atoms with Gasteiger partial charge in [-0.05, 0) is 43.4 Å². The molecule has 0 spiro atoms. The van der Waals surface area contributed by atoms with E-state index in [2.05, 4.69) is 18.4 Å². The SMILES string of the molecule is C=C1CCCC2(C)CC3OC(=O)C(CN4CCN(C(C)=O)CC4)C3CC12. The Morgan fingerprint density at radius 3 is 2.73 bits per heavy atom. The van der Waals surface area contributed by atoms with Crippen molar-refractivity contribution in [3.8, 4) is 0 Å². The van der Waals surface area contributed by atoms with E-state index < -0.39 is 0 Å². The van der Waals surface area contributed by atoms with E-state index in [4.69, 9.17) is 4.74 Å². The van der Waals surface area contributed by atoms with E-state index >= 15 is 0 Å². The van der Waals surface area contributed by atoms with Crippen molar-refractivity contribution in [1.29, 1.82) is 0 Å². The van der Waals surface area contributed by atoms with Crippen LogP contribution in [0.1, 0.15) is 46.0 Å². The van der Waals surface area contributed by atoms with Gasteiger partial charge in [-0.1, -0.05) is 19.1 Å². The van der Waals surface area contributed by atoms with Gasteiger partial charge < -0.3 is 9.64 Å². The van der Waals surface area contributed by atoms with Crippen molar-refractivity contribution >= 4 is 11.9 Å². The first-order valence-electron chi connectivity index (χ1n) is 10.2. The Labute approximate surface area is 156 Å². The molecule has 0 aromatic rings. The van der Waals surface area contributed by atoms with Crippen LogP contribution in [0.4, 0.5) is 0 Å². The first-order chi connectivity index (χ1) is 12.4. The number of rotatable bonds is 2. The summed E-state index contributed by atoms with van der Waals surface area (Å²) in [5.74, 6) is 1.02. The highest BCUT2D eigenvalue weighted by Crippen LogP contribution is 2.56. The first kappa shape index (κ1) is 18.0. The van der Waals surface area contributed by atoms with E-state index in [-0.39, 0.29) is 29.3 Å². The van der Waals surface area contributed by atoms with Gasteiger partial charge in [-0.15, -0.1) is 0 Å². The lowest BCUT2D eigenvalue weighted by molar-refractivity contribution is -0.146. The van der Waals surface area contributed by atoms with Gasteiger partial charge in [0.05, 0.1) is 5.92 Å². The number of hydrogen-bond donors (Lipinski definition) is 0. The summed E-state index contributed by atoms with van der Waals surface area (Å²) in [7, 11) is 0. The van der Waals surface area contributed by atoms with Gasteiger partial charge in [0.2, 0.25) is 5.91 Å². The molecule has 4 aliphatic rings. The van der Waals surface area contributed by atoms with Crippen LogP contribution < -0.4 is 0 Å². The minimum Gasteiger partial charge on any atom is -0.462 e. The third kappa shape index (κ3) is 3.08. The number of hydrogen-bond acceptors (Lipinski definition) is 4. The molecule has 1 amide bonds. The Morgan fingerprint density at radius 1 is 1.31 bits per heavy atom. The van der Waals surface area contributed by atoms with Gasteiger partial charge in [0.25, 0.3) is 0 Å². The van der Waals surface area contributed by atoms with Gasteiger partial charge in [0.15, 0.2) is 0 Å². The molecule has 5 nitrogen and oxygen atoms in total. The van der Waals surface area contributed by atoms with Crippen LogP contribution in [-0.4, -0.2) is 60.5 Å². The number of fused-ring (bicyclic) bond motifs is 2. The highest BCUT2D eigenvalue weighted by Gasteiger charge is 2.55. The summed E-state index contributed by atoms with van der Waals surface area (Å²) >= 11 is 0. The Kier molecular flexibility index (Phi) is 4.62. The summed E-state index contributed by atoms with van der Waals surface area (Å²) in [6.07, 6.45) is 5.75. The van der Waals surface area contributed by atoms with E-state index in [1.54, 1.807) is 6.92 Å². The third-order valence-corrected chi connectivity index (χ3v) is 7.59. The largest absolute Gasteiger partial charge is 0.462 e. The molecule has 5 atom stereocenters. The van der Waals surface area contributed by atoms with Crippen molar-refractivity contribution in [2.75, 3.05) is 32.7 Å². The van der Waals surface area contributed by atoms with Gasteiger partial charge >= 0.3 is 5.97 Å². The standard InChI is InChI=1S/C21H32N2O3/c1-14-5-4-6-21(3)12-19-16(11-18(14)21)17(20(25)26-19)13-22-7-9-23(10-8-22)15(2)24/h16-19H,1,4-13H2,2-3H3. The highest BCUT2D eigenvalue weighted by molar-refractivity contribution is 5.76. The molecule has 2 saturated carbocycles. The van der Waals surface area contributed by atoms with E-state index in [1.807, 2.05) is 4.90 Å². The van der Waals surface area contributed by atoms with Gasteiger partial charge in [0.1, 0.15) is 6.10 Å². The molecule has 2 saturated heterocycles. The second-order valence-corrected chi connectivity index (χ2v) is 9.21. The van der Waals surface area contributed by atoms with Crippen molar-refractivity contribution < 1.29 is 14.3 Å². The summed E-state index contributed by atoms with van der Waals surface area (Å²) in [6, 6.07) is 0. The molecule has 4 rings (SSSR count). The Balaban J connectivity index is 1.43. The molecular formula is C21H32N2O3. The summed E-state index contributed by atoms with van der Waals surface area (Å²) < 4.78 is 5.87. The number of carbonyl (C=O) groups is 2. The minimum absolute atomic E-state index is 0.00172. The monoisotopic (exact) mass is 360 g/mol. The lowest BCUT2D eigenvalue weighted by Gasteiger charge is -2.50.